The summed E-state index contributed by atoms with van der Waals surface area (Å²) in [5.41, 5.74) is 0.0701. The molecule has 0 bridgehead atoms. The van der Waals surface area contributed by atoms with Gasteiger partial charge in [-0.3, -0.25) is 0 Å². The van der Waals surface area contributed by atoms with Crippen LogP contribution in [0.25, 0.3) is 0 Å². The number of aliphatic hydroxyl groups is 2. The Labute approximate surface area is 152 Å². The number of hydrogen-bond acceptors (Lipinski definition) is 3. The first-order valence-electron chi connectivity index (χ1n) is 9.33. The van der Waals surface area contributed by atoms with Crippen LogP contribution in [0.15, 0.2) is 48.1 Å². The Morgan fingerprint density at radius 2 is 1.52 bits per heavy atom. The fraction of sp³-hybridized carbons (Fsp3) is 0.571. The third kappa shape index (κ3) is 15.6. The summed E-state index contributed by atoms with van der Waals surface area (Å²) in [5.74, 6) is -1.09. The topological polar surface area (TPSA) is 77.8 Å². The molecular formula is C21H34O4. The minimum absolute atomic E-state index is 0.0701. The van der Waals surface area contributed by atoms with Gasteiger partial charge in [-0.2, -0.15) is 0 Å². The first-order valence-corrected chi connectivity index (χ1v) is 9.33. The summed E-state index contributed by atoms with van der Waals surface area (Å²) in [4.78, 5) is 11.0. The Balaban J connectivity index is 3.92. The molecule has 0 heterocycles. The summed E-state index contributed by atoms with van der Waals surface area (Å²) < 4.78 is 0. The molecule has 0 aromatic rings. The molecule has 1 atom stereocenters. The highest BCUT2D eigenvalue weighted by Crippen LogP contribution is 2.08. The van der Waals surface area contributed by atoms with Crippen molar-refractivity contribution in [1.29, 1.82) is 0 Å². The van der Waals surface area contributed by atoms with Gasteiger partial charge < -0.3 is 15.3 Å². The van der Waals surface area contributed by atoms with Gasteiger partial charge in [0.25, 0.3) is 0 Å². The number of rotatable bonds is 15. The fourth-order valence-electron chi connectivity index (χ4n) is 2.30. The zero-order valence-corrected chi connectivity index (χ0v) is 15.4. The Hall–Kier alpha value is -1.65. The molecule has 0 spiro atoms. The molecule has 0 saturated heterocycles. The number of carbonyl (C=O) groups is 1. The number of hydrogen-bond donors (Lipinski definition) is 3. The smallest absolute Gasteiger partial charge is 0.331 e. The summed E-state index contributed by atoms with van der Waals surface area (Å²) in [6, 6.07) is 0. The minimum atomic E-state index is -1.09. The molecule has 4 heteroatoms. The molecule has 0 aliphatic rings. The van der Waals surface area contributed by atoms with Gasteiger partial charge in [0, 0.05) is 12.0 Å². The van der Waals surface area contributed by atoms with Gasteiger partial charge in [-0.15, -0.1) is 0 Å². The predicted octanol–water partition coefficient (Wildman–Crippen LogP) is 4.55. The summed E-state index contributed by atoms with van der Waals surface area (Å²) in [6.45, 7) is 1.79. The predicted molar refractivity (Wildman–Crippen MR) is 103 cm³/mol. The lowest BCUT2D eigenvalue weighted by atomic mass is 10.1. The van der Waals surface area contributed by atoms with Crippen molar-refractivity contribution >= 4 is 5.97 Å². The second kappa shape index (κ2) is 17.2. The lowest BCUT2D eigenvalue weighted by Crippen LogP contribution is -2.16. The maximum atomic E-state index is 11.0. The second-order valence-corrected chi connectivity index (χ2v) is 6.15. The maximum absolute atomic E-state index is 11.0. The third-order valence-corrected chi connectivity index (χ3v) is 3.79. The van der Waals surface area contributed by atoms with Crippen molar-refractivity contribution in [2.24, 2.45) is 0 Å². The molecule has 4 nitrogen and oxygen atoms in total. The van der Waals surface area contributed by atoms with Gasteiger partial charge in [0.15, 0.2) is 0 Å². The molecule has 1 unspecified atom stereocenters. The highest BCUT2D eigenvalue weighted by atomic mass is 16.4. The summed E-state index contributed by atoms with van der Waals surface area (Å²) in [6.07, 6.45) is 21.9. The van der Waals surface area contributed by atoms with Crippen LogP contribution in [0.1, 0.15) is 64.7 Å². The van der Waals surface area contributed by atoms with E-state index >= 15 is 0 Å². The number of allylic oxidation sites excluding steroid dienone is 7. The summed E-state index contributed by atoms with van der Waals surface area (Å²) in [5, 5.41) is 27.0. The molecule has 0 fully saturated rings. The lowest BCUT2D eigenvalue weighted by Gasteiger charge is -2.06. The third-order valence-electron chi connectivity index (χ3n) is 3.79. The standard InChI is InChI=1S/C21H34O4/c1-2-3-4-5-6-7-8-9-10-11-12-13-14-15-16-19(21(24)25)17-20(23)18-22/h10-16,20,22-23H,2-9,17-18H2,1H3,(H,24,25). The number of unbranched alkanes of at least 4 members (excludes halogenated alkanes) is 7. The van der Waals surface area contributed by atoms with Crippen LogP contribution in [-0.2, 0) is 4.79 Å². The molecule has 0 aromatic carbocycles. The van der Waals surface area contributed by atoms with Crippen LogP contribution in [0, 0.1) is 0 Å². The second-order valence-electron chi connectivity index (χ2n) is 6.15. The fourth-order valence-corrected chi connectivity index (χ4v) is 2.30. The molecule has 3 N–H and O–H groups in total. The van der Waals surface area contributed by atoms with Crippen LogP contribution in [0.2, 0.25) is 0 Å². The number of aliphatic hydroxyl groups excluding tert-OH is 2. The van der Waals surface area contributed by atoms with Gasteiger partial charge in [0.2, 0.25) is 0 Å². The zero-order valence-electron chi connectivity index (χ0n) is 15.4. The Morgan fingerprint density at radius 1 is 0.920 bits per heavy atom. The van der Waals surface area contributed by atoms with Crippen LogP contribution in [0.5, 0.6) is 0 Å². The van der Waals surface area contributed by atoms with E-state index < -0.39 is 18.7 Å². The minimum Gasteiger partial charge on any atom is -0.478 e. The average molecular weight is 350 g/mol. The van der Waals surface area contributed by atoms with Crippen molar-refractivity contribution in [2.45, 2.75) is 70.8 Å². The Morgan fingerprint density at radius 3 is 2.16 bits per heavy atom. The van der Waals surface area contributed by atoms with E-state index in [1.165, 1.54) is 51.0 Å². The van der Waals surface area contributed by atoms with Crippen molar-refractivity contribution in [1.82, 2.24) is 0 Å². The molecule has 0 amide bonds. The van der Waals surface area contributed by atoms with Crippen LogP contribution in [0.3, 0.4) is 0 Å². The molecule has 0 rings (SSSR count). The van der Waals surface area contributed by atoms with Gasteiger partial charge in [0.05, 0.1) is 12.7 Å². The Bertz CT molecular complexity index is 447. The molecule has 0 radical (unpaired) electrons. The van der Waals surface area contributed by atoms with Gasteiger partial charge in [-0.1, -0.05) is 88.0 Å². The summed E-state index contributed by atoms with van der Waals surface area (Å²) >= 11 is 0. The van der Waals surface area contributed by atoms with Crippen LogP contribution >= 0.6 is 0 Å². The van der Waals surface area contributed by atoms with Crippen molar-refractivity contribution < 1.29 is 20.1 Å². The molecule has 25 heavy (non-hydrogen) atoms. The van der Waals surface area contributed by atoms with E-state index in [2.05, 4.69) is 13.0 Å². The molecule has 0 aliphatic heterocycles. The average Bonchev–Trinajstić information content (AvgIpc) is 2.60. The zero-order chi connectivity index (χ0) is 18.8. The van der Waals surface area contributed by atoms with Crippen LogP contribution < -0.4 is 0 Å². The Kier molecular flexibility index (Phi) is 16.0. The van der Waals surface area contributed by atoms with Gasteiger partial charge >= 0.3 is 5.97 Å². The first-order chi connectivity index (χ1) is 12.1. The van der Waals surface area contributed by atoms with E-state index in [0.29, 0.717) is 0 Å². The highest BCUT2D eigenvalue weighted by molar-refractivity contribution is 5.87. The molecule has 0 aromatic heterocycles. The van der Waals surface area contributed by atoms with Gasteiger partial charge in [0.1, 0.15) is 0 Å². The quantitative estimate of drug-likeness (QED) is 0.230. The SMILES string of the molecule is CCCCCCCCCC=CC=CC=CC=C(CC(O)CO)C(=O)O. The molecular weight excluding hydrogens is 316 g/mol. The largest absolute Gasteiger partial charge is 0.478 e. The van der Waals surface area contributed by atoms with E-state index in [1.54, 1.807) is 12.2 Å². The monoisotopic (exact) mass is 350 g/mol. The van der Waals surface area contributed by atoms with E-state index in [4.69, 9.17) is 10.2 Å². The van der Waals surface area contributed by atoms with Gasteiger partial charge in [-0.05, 0) is 12.8 Å². The number of carboxylic acid groups (broad SMARTS) is 1. The normalized spacial score (nSPS) is 14.1. The maximum Gasteiger partial charge on any atom is 0.331 e. The van der Waals surface area contributed by atoms with Crippen molar-refractivity contribution in [2.75, 3.05) is 6.61 Å². The van der Waals surface area contributed by atoms with Crippen LogP contribution in [0.4, 0.5) is 0 Å². The first kappa shape index (κ1) is 23.4. The highest BCUT2D eigenvalue weighted by Gasteiger charge is 2.11. The van der Waals surface area contributed by atoms with Crippen molar-refractivity contribution in [3.05, 3.63) is 48.1 Å². The van der Waals surface area contributed by atoms with Crippen LogP contribution in [-0.4, -0.2) is 34.0 Å². The van der Waals surface area contributed by atoms with E-state index in [1.807, 2.05) is 18.2 Å². The van der Waals surface area contributed by atoms with Crippen molar-refractivity contribution in [3.63, 3.8) is 0 Å². The van der Waals surface area contributed by atoms with E-state index in [0.717, 1.165) is 6.42 Å². The van der Waals surface area contributed by atoms with Crippen molar-refractivity contribution in [3.8, 4) is 0 Å². The number of aliphatic carboxylic acids is 1. The van der Waals surface area contributed by atoms with E-state index in [-0.39, 0.29) is 12.0 Å². The number of carboxylic acids is 1. The molecule has 0 aliphatic carbocycles. The molecule has 0 saturated carbocycles. The summed E-state index contributed by atoms with van der Waals surface area (Å²) in [7, 11) is 0. The van der Waals surface area contributed by atoms with Gasteiger partial charge in [-0.25, -0.2) is 4.79 Å². The van der Waals surface area contributed by atoms with E-state index in [9.17, 15) is 9.90 Å². The lowest BCUT2D eigenvalue weighted by molar-refractivity contribution is -0.133. The molecule has 142 valence electrons.